The minimum Gasteiger partial charge on any atom is -0.493 e. The highest BCUT2D eigenvalue weighted by Gasteiger charge is 2.57. The van der Waals surface area contributed by atoms with Crippen molar-refractivity contribution in [1.29, 1.82) is 0 Å². The normalized spacial score (nSPS) is 22.5. The monoisotopic (exact) mass is 349 g/mol. The lowest BCUT2D eigenvalue weighted by molar-refractivity contribution is -0.118. The van der Waals surface area contributed by atoms with Crippen LogP contribution in [0.4, 0.5) is 5.82 Å². The summed E-state index contributed by atoms with van der Waals surface area (Å²) >= 11 is 0. The van der Waals surface area contributed by atoms with E-state index in [1.54, 1.807) is 0 Å². The number of piperidine rings is 1. The number of hydrogen-bond donors (Lipinski definition) is 2. The fourth-order valence-electron chi connectivity index (χ4n) is 4.42. The zero-order valence-electron chi connectivity index (χ0n) is 14.8. The first kappa shape index (κ1) is 15.8. The van der Waals surface area contributed by atoms with Crippen LogP contribution in [0.2, 0.25) is 0 Å². The number of pyridine rings is 1. The van der Waals surface area contributed by atoms with Crippen LogP contribution < -0.4 is 15.4 Å². The number of carbonyl (C=O) groups is 1. The highest BCUT2D eigenvalue weighted by atomic mass is 16.5. The Bertz CT molecular complexity index is 858. The van der Waals surface area contributed by atoms with Gasteiger partial charge in [-0.25, -0.2) is 4.98 Å². The van der Waals surface area contributed by atoms with Crippen molar-refractivity contribution < 1.29 is 9.53 Å². The van der Waals surface area contributed by atoms with E-state index in [0.717, 1.165) is 62.4 Å². The SMILES string of the molecule is O=C(Nc1cccc(-c2ccc3c(c2)CCO3)n1)C1CC12CCNCC2. The van der Waals surface area contributed by atoms with Gasteiger partial charge in [-0.1, -0.05) is 6.07 Å². The van der Waals surface area contributed by atoms with Gasteiger partial charge in [-0.15, -0.1) is 0 Å². The molecule has 1 unspecified atom stereocenters. The number of ether oxygens (including phenoxy) is 1. The Hall–Kier alpha value is -2.40. The van der Waals surface area contributed by atoms with Gasteiger partial charge in [-0.05, 0) is 73.7 Å². The maximum Gasteiger partial charge on any atom is 0.229 e. The number of benzene rings is 1. The Morgan fingerprint density at radius 1 is 1.23 bits per heavy atom. The van der Waals surface area contributed by atoms with Gasteiger partial charge < -0.3 is 15.4 Å². The molecule has 0 radical (unpaired) electrons. The Balaban J connectivity index is 1.32. The highest BCUT2D eigenvalue weighted by molar-refractivity contribution is 5.94. The second-order valence-corrected chi connectivity index (χ2v) is 7.69. The van der Waals surface area contributed by atoms with Crippen molar-refractivity contribution in [3.8, 4) is 17.0 Å². The van der Waals surface area contributed by atoms with E-state index < -0.39 is 0 Å². The molecule has 1 saturated carbocycles. The van der Waals surface area contributed by atoms with Gasteiger partial charge >= 0.3 is 0 Å². The molecule has 1 saturated heterocycles. The molecule has 26 heavy (non-hydrogen) atoms. The van der Waals surface area contributed by atoms with Crippen LogP contribution in [-0.2, 0) is 11.2 Å². The molecule has 134 valence electrons. The number of carbonyl (C=O) groups excluding carboxylic acids is 1. The first-order valence-corrected chi connectivity index (χ1v) is 9.48. The smallest absolute Gasteiger partial charge is 0.229 e. The molecule has 2 N–H and O–H groups in total. The van der Waals surface area contributed by atoms with Crippen molar-refractivity contribution in [3.63, 3.8) is 0 Å². The number of fused-ring (bicyclic) bond motifs is 1. The third-order valence-corrected chi connectivity index (χ3v) is 6.09. The lowest BCUT2D eigenvalue weighted by Crippen LogP contribution is -2.31. The predicted molar refractivity (Wildman–Crippen MR) is 100 cm³/mol. The third-order valence-electron chi connectivity index (χ3n) is 6.09. The summed E-state index contributed by atoms with van der Waals surface area (Å²) in [6.45, 7) is 2.81. The van der Waals surface area contributed by atoms with Crippen molar-refractivity contribution in [2.75, 3.05) is 25.0 Å². The standard InChI is InChI=1S/C21H23N3O2/c25-20(16-13-21(16)7-9-22-10-8-21)24-19-3-1-2-17(23-19)14-4-5-18-15(12-14)6-11-26-18/h1-5,12,16,22H,6-11,13H2,(H,23,24,25). The molecule has 2 aliphatic heterocycles. The lowest BCUT2D eigenvalue weighted by Gasteiger charge is -2.23. The van der Waals surface area contributed by atoms with Gasteiger partial charge in [0.25, 0.3) is 0 Å². The Morgan fingerprint density at radius 3 is 3.00 bits per heavy atom. The number of anilines is 1. The first-order valence-electron chi connectivity index (χ1n) is 9.48. The molecule has 1 aromatic carbocycles. The molecule has 1 aliphatic carbocycles. The lowest BCUT2D eigenvalue weighted by atomic mass is 9.92. The van der Waals surface area contributed by atoms with E-state index in [9.17, 15) is 4.79 Å². The third kappa shape index (κ3) is 2.76. The molecule has 2 aromatic rings. The van der Waals surface area contributed by atoms with Crippen LogP contribution in [0.5, 0.6) is 5.75 Å². The van der Waals surface area contributed by atoms with E-state index in [4.69, 9.17) is 4.74 Å². The maximum absolute atomic E-state index is 12.7. The maximum atomic E-state index is 12.7. The van der Waals surface area contributed by atoms with Crippen LogP contribution in [-0.4, -0.2) is 30.6 Å². The van der Waals surface area contributed by atoms with Crippen LogP contribution in [0.3, 0.4) is 0 Å². The summed E-state index contributed by atoms with van der Waals surface area (Å²) in [5.41, 5.74) is 3.41. The molecule has 0 bridgehead atoms. The molecular weight excluding hydrogens is 326 g/mol. The summed E-state index contributed by atoms with van der Waals surface area (Å²) in [4.78, 5) is 17.3. The number of amides is 1. The zero-order chi connectivity index (χ0) is 17.6. The molecule has 1 amide bonds. The molecule has 3 aliphatic rings. The van der Waals surface area contributed by atoms with Gasteiger partial charge in [0.15, 0.2) is 0 Å². The molecule has 5 heteroatoms. The average Bonchev–Trinajstić information content (AvgIpc) is 3.14. The summed E-state index contributed by atoms with van der Waals surface area (Å²) in [5.74, 6) is 1.88. The van der Waals surface area contributed by atoms with Crippen LogP contribution in [0, 0.1) is 11.3 Å². The number of hydrogen-bond acceptors (Lipinski definition) is 4. The summed E-state index contributed by atoms with van der Waals surface area (Å²) in [6, 6.07) is 12.0. The van der Waals surface area contributed by atoms with E-state index in [0.29, 0.717) is 5.82 Å². The molecule has 3 heterocycles. The van der Waals surface area contributed by atoms with Crippen molar-refractivity contribution >= 4 is 11.7 Å². The summed E-state index contributed by atoms with van der Waals surface area (Å²) in [5, 5.41) is 6.42. The second-order valence-electron chi connectivity index (χ2n) is 7.69. The molecule has 1 atom stereocenters. The van der Waals surface area contributed by atoms with Crippen molar-refractivity contribution in [2.24, 2.45) is 11.3 Å². The predicted octanol–water partition coefficient (Wildman–Crippen LogP) is 3.01. The molecule has 2 fully saturated rings. The number of rotatable bonds is 3. The Morgan fingerprint density at radius 2 is 2.12 bits per heavy atom. The van der Waals surface area contributed by atoms with Gasteiger partial charge in [0, 0.05) is 17.9 Å². The van der Waals surface area contributed by atoms with E-state index in [1.807, 2.05) is 30.3 Å². The highest BCUT2D eigenvalue weighted by Crippen LogP contribution is 2.58. The largest absolute Gasteiger partial charge is 0.493 e. The summed E-state index contributed by atoms with van der Waals surface area (Å²) in [7, 11) is 0. The molecule has 1 aromatic heterocycles. The molecular formula is C21H23N3O2. The van der Waals surface area contributed by atoms with Crippen molar-refractivity contribution in [3.05, 3.63) is 42.0 Å². The van der Waals surface area contributed by atoms with E-state index in [2.05, 4.69) is 21.7 Å². The van der Waals surface area contributed by atoms with Crippen molar-refractivity contribution in [1.82, 2.24) is 10.3 Å². The van der Waals surface area contributed by atoms with Gasteiger partial charge in [-0.2, -0.15) is 0 Å². The zero-order valence-corrected chi connectivity index (χ0v) is 14.8. The number of nitrogens with zero attached hydrogens (tertiary/aromatic N) is 1. The Labute approximate surface area is 153 Å². The molecule has 5 rings (SSSR count). The first-order chi connectivity index (χ1) is 12.7. The van der Waals surface area contributed by atoms with E-state index in [1.165, 1.54) is 5.56 Å². The molecule has 5 nitrogen and oxygen atoms in total. The van der Waals surface area contributed by atoms with Crippen LogP contribution in [0.15, 0.2) is 36.4 Å². The average molecular weight is 349 g/mol. The van der Waals surface area contributed by atoms with Gasteiger partial charge in [-0.3, -0.25) is 4.79 Å². The topological polar surface area (TPSA) is 63.2 Å². The summed E-state index contributed by atoms with van der Waals surface area (Å²) < 4.78 is 5.57. The van der Waals surface area contributed by atoms with Crippen LogP contribution in [0.1, 0.15) is 24.8 Å². The number of nitrogens with one attached hydrogen (secondary N) is 2. The number of aromatic nitrogens is 1. The van der Waals surface area contributed by atoms with Gasteiger partial charge in [0.1, 0.15) is 11.6 Å². The summed E-state index contributed by atoms with van der Waals surface area (Å²) in [6.07, 6.45) is 4.18. The Kier molecular flexibility index (Phi) is 3.71. The van der Waals surface area contributed by atoms with E-state index in [-0.39, 0.29) is 17.2 Å². The second kappa shape index (κ2) is 6.09. The van der Waals surface area contributed by atoms with Gasteiger partial charge in [0.2, 0.25) is 5.91 Å². The minimum atomic E-state index is 0.124. The fourth-order valence-corrected chi connectivity index (χ4v) is 4.42. The van der Waals surface area contributed by atoms with Gasteiger partial charge in [0.05, 0.1) is 12.3 Å². The molecule has 1 spiro atoms. The fraction of sp³-hybridized carbons (Fsp3) is 0.429. The minimum absolute atomic E-state index is 0.124. The van der Waals surface area contributed by atoms with Crippen molar-refractivity contribution in [2.45, 2.75) is 25.7 Å². The van der Waals surface area contributed by atoms with Crippen LogP contribution >= 0.6 is 0 Å². The van der Waals surface area contributed by atoms with Crippen LogP contribution in [0.25, 0.3) is 11.3 Å². The van der Waals surface area contributed by atoms with E-state index >= 15 is 0 Å². The quantitative estimate of drug-likeness (QED) is 0.894.